The zero-order valence-corrected chi connectivity index (χ0v) is 13.2. The van der Waals surface area contributed by atoms with Crippen LogP contribution in [0.2, 0.25) is 0 Å². The highest BCUT2D eigenvalue weighted by Crippen LogP contribution is 2.27. The number of hydrogen-bond donors (Lipinski definition) is 1. The molecule has 2 N–H and O–H groups in total. The molecule has 0 aliphatic rings. The van der Waals surface area contributed by atoms with Crippen LogP contribution in [0.25, 0.3) is 10.2 Å². The maximum absolute atomic E-state index is 5.98. The summed E-state index contributed by atoms with van der Waals surface area (Å²) in [5, 5.41) is 9.94. The van der Waals surface area contributed by atoms with Crippen molar-refractivity contribution in [2.75, 3.05) is 19.6 Å². The van der Waals surface area contributed by atoms with Crippen molar-refractivity contribution in [1.29, 1.82) is 0 Å². The smallest absolute Gasteiger partial charge is 0.210 e. The van der Waals surface area contributed by atoms with E-state index in [2.05, 4.69) is 21.2 Å². The van der Waals surface area contributed by atoms with Gasteiger partial charge in [-0.15, -0.1) is 21.5 Å². The summed E-state index contributed by atoms with van der Waals surface area (Å²) in [5.41, 5.74) is 1.04. The fourth-order valence-corrected chi connectivity index (χ4v) is 3.71. The summed E-state index contributed by atoms with van der Waals surface area (Å²) in [5.74, 6) is 7.44. The summed E-state index contributed by atoms with van der Waals surface area (Å²) in [4.78, 5) is 4.59. The lowest BCUT2D eigenvalue weighted by Gasteiger charge is -2.02. The fourth-order valence-electron chi connectivity index (χ4n) is 1.88. The van der Waals surface area contributed by atoms with Crippen LogP contribution in [0, 0.1) is 0 Å². The van der Waals surface area contributed by atoms with Crippen molar-refractivity contribution in [1.82, 2.24) is 19.9 Å². The third kappa shape index (κ3) is 3.17. The van der Waals surface area contributed by atoms with E-state index < -0.39 is 0 Å². The molecule has 2 heterocycles. The van der Waals surface area contributed by atoms with Gasteiger partial charge in [0, 0.05) is 13.5 Å². The SMILES string of the molecule is COCCc1nnc(SCc2nc3ccccc3s2)n1N. The maximum atomic E-state index is 5.98. The highest BCUT2D eigenvalue weighted by Gasteiger charge is 2.11. The van der Waals surface area contributed by atoms with E-state index in [1.807, 2.05) is 18.2 Å². The molecule has 110 valence electrons. The molecule has 0 unspecified atom stereocenters. The molecule has 0 atom stereocenters. The van der Waals surface area contributed by atoms with Crippen LogP contribution in [-0.4, -0.2) is 33.6 Å². The Bertz CT molecular complexity index is 706. The quantitative estimate of drug-likeness (QED) is 0.553. The minimum Gasteiger partial charge on any atom is -0.384 e. The molecule has 0 spiro atoms. The topological polar surface area (TPSA) is 78.9 Å². The van der Waals surface area contributed by atoms with Crippen molar-refractivity contribution in [3.05, 3.63) is 35.1 Å². The predicted molar refractivity (Wildman–Crippen MR) is 84.9 cm³/mol. The zero-order valence-electron chi connectivity index (χ0n) is 11.5. The minimum atomic E-state index is 0.581. The van der Waals surface area contributed by atoms with Gasteiger partial charge in [0.1, 0.15) is 5.01 Å². The summed E-state index contributed by atoms with van der Waals surface area (Å²) in [6.07, 6.45) is 0.654. The van der Waals surface area contributed by atoms with Crippen LogP contribution in [0.4, 0.5) is 0 Å². The Kier molecular flexibility index (Phi) is 4.37. The Balaban J connectivity index is 1.68. The van der Waals surface area contributed by atoms with Crippen molar-refractivity contribution in [2.24, 2.45) is 0 Å². The van der Waals surface area contributed by atoms with E-state index in [4.69, 9.17) is 10.6 Å². The molecule has 1 aromatic carbocycles. The highest BCUT2D eigenvalue weighted by molar-refractivity contribution is 7.98. The minimum absolute atomic E-state index is 0.581. The number of para-hydroxylation sites is 1. The molecule has 8 heteroatoms. The Morgan fingerprint density at radius 3 is 3.00 bits per heavy atom. The fraction of sp³-hybridized carbons (Fsp3) is 0.308. The third-order valence-electron chi connectivity index (χ3n) is 2.93. The number of fused-ring (bicyclic) bond motifs is 1. The summed E-state index contributed by atoms with van der Waals surface area (Å²) in [6, 6.07) is 8.12. The van der Waals surface area contributed by atoms with Gasteiger partial charge in [0.2, 0.25) is 5.16 Å². The predicted octanol–water partition coefficient (Wildman–Crippen LogP) is 2.08. The average molecular weight is 321 g/mol. The molecule has 2 aromatic heterocycles. The lowest BCUT2D eigenvalue weighted by atomic mass is 10.3. The largest absolute Gasteiger partial charge is 0.384 e. The lowest BCUT2D eigenvalue weighted by Crippen LogP contribution is -2.15. The number of hydrogen-bond acceptors (Lipinski definition) is 7. The van der Waals surface area contributed by atoms with Crippen molar-refractivity contribution < 1.29 is 4.74 Å². The van der Waals surface area contributed by atoms with E-state index in [1.165, 1.54) is 9.38 Å². The second-order valence-electron chi connectivity index (χ2n) is 4.38. The summed E-state index contributed by atoms with van der Waals surface area (Å²) in [7, 11) is 1.65. The van der Waals surface area contributed by atoms with Crippen LogP contribution in [0.15, 0.2) is 29.4 Å². The molecule has 0 aliphatic carbocycles. The molecule has 21 heavy (non-hydrogen) atoms. The van der Waals surface area contributed by atoms with Gasteiger partial charge in [-0.1, -0.05) is 23.9 Å². The maximum Gasteiger partial charge on any atom is 0.210 e. The van der Waals surface area contributed by atoms with Gasteiger partial charge >= 0.3 is 0 Å². The Labute approximate surface area is 130 Å². The van der Waals surface area contributed by atoms with Gasteiger partial charge in [0.15, 0.2) is 5.82 Å². The third-order valence-corrected chi connectivity index (χ3v) is 5.10. The van der Waals surface area contributed by atoms with E-state index in [-0.39, 0.29) is 0 Å². The monoisotopic (exact) mass is 321 g/mol. The molecular formula is C13H15N5OS2. The molecule has 0 amide bonds. The molecule has 0 aliphatic heterocycles. The molecule has 3 rings (SSSR count). The highest BCUT2D eigenvalue weighted by atomic mass is 32.2. The first-order valence-corrected chi connectivity index (χ1v) is 8.23. The standard InChI is InChI=1S/C13H15N5OS2/c1-19-7-6-11-16-17-13(18(11)14)20-8-12-15-9-4-2-3-5-10(9)21-12/h2-5H,6-8,14H2,1H3. The molecule has 0 fully saturated rings. The van der Waals surface area contributed by atoms with E-state index in [0.29, 0.717) is 18.2 Å². The Morgan fingerprint density at radius 1 is 1.33 bits per heavy atom. The number of rotatable bonds is 6. The van der Waals surface area contributed by atoms with Crippen LogP contribution in [-0.2, 0) is 16.9 Å². The van der Waals surface area contributed by atoms with E-state index >= 15 is 0 Å². The van der Waals surface area contributed by atoms with Crippen molar-refractivity contribution in [3.8, 4) is 0 Å². The molecule has 3 aromatic rings. The number of benzene rings is 1. The van der Waals surface area contributed by atoms with Crippen LogP contribution in [0.1, 0.15) is 10.8 Å². The number of nitrogens with zero attached hydrogens (tertiary/aromatic N) is 4. The van der Waals surface area contributed by atoms with Crippen LogP contribution < -0.4 is 5.84 Å². The van der Waals surface area contributed by atoms with Crippen molar-refractivity contribution in [3.63, 3.8) is 0 Å². The number of nitrogens with two attached hydrogens (primary N) is 1. The number of methoxy groups -OCH3 is 1. The lowest BCUT2D eigenvalue weighted by molar-refractivity contribution is 0.200. The van der Waals surface area contributed by atoms with E-state index in [0.717, 1.165) is 22.1 Å². The van der Waals surface area contributed by atoms with Gasteiger partial charge in [0.05, 0.1) is 22.6 Å². The molecule has 0 saturated heterocycles. The van der Waals surface area contributed by atoms with Gasteiger partial charge in [-0.3, -0.25) is 0 Å². The van der Waals surface area contributed by atoms with E-state index in [1.54, 1.807) is 30.2 Å². The van der Waals surface area contributed by atoms with Gasteiger partial charge < -0.3 is 10.6 Å². The second kappa shape index (κ2) is 6.42. The van der Waals surface area contributed by atoms with Crippen LogP contribution in [0.3, 0.4) is 0 Å². The summed E-state index contributed by atoms with van der Waals surface area (Å²) >= 11 is 3.23. The number of thiazole rings is 1. The molecule has 0 bridgehead atoms. The van der Waals surface area contributed by atoms with Crippen molar-refractivity contribution >= 4 is 33.3 Å². The number of aromatic nitrogens is 4. The van der Waals surface area contributed by atoms with Crippen molar-refractivity contribution in [2.45, 2.75) is 17.3 Å². The second-order valence-corrected chi connectivity index (χ2v) is 6.43. The number of ether oxygens (including phenoxy) is 1. The van der Waals surface area contributed by atoms with Gasteiger partial charge in [-0.25, -0.2) is 9.66 Å². The first-order chi connectivity index (χ1) is 10.3. The normalized spacial score (nSPS) is 11.3. The number of nitrogen functional groups attached to an aromatic ring is 1. The van der Waals surface area contributed by atoms with Crippen LogP contribution >= 0.6 is 23.1 Å². The molecular weight excluding hydrogens is 306 g/mol. The van der Waals surface area contributed by atoms with Gasteiger partial charge in [0.25, 0.3) is 0 Å². The molecule has 0 radical (unpaired) electrons. The number of thioether (sulfide) groups is 1. The molecule has 6 nitrogen and oxygen atoms in total. The van der Waals surface area contributed by atoms with Gasteiger partial charge in [-0.05, 0) is 12.1 Å². The molecule has 0 saturated carbocycles. The van der Waals surface area contributed by atoms with Gasteiger partial charge in [-0.2, -0.15) is 0 Å². The average Bonchev–Trinajstić information content (AvgIpc) is 3.06. The first kappa shape index (κ1) is 14.3. The Hall–Kier alpha value is -1.64. The van der Waals surface area contributed by atoms with E-state index in [9.17, 15) is 0 Å². The first-order valence-electron chi connectivity index (χ1n) is 6.43. The van der Waals surface area contributed by atoms with Crippen LogP contribution in [0.5, 0.6) is 0 Å². The summed E-state index contributed by atoms with van der Waals surface area (Å²) in [6.45, 7) is 0.581. The summed E-state index contributed by atoms with van der Waals surface area (Å²) < 4.78 is 7.74. The zero-order chi connectivity index (χ0) is 14.7. The Morgan fingerprint density at radius 2 is 2.19 bits per heavy atom.